The zero-order valence-corrected chi connectivity index (χ0v) is 13.3. The van der Waals surface area contributed by atoms with Crippen LogP contribution in [0.4, 0.5) is 4.39 Å². The minimum absolute atomic E-state index is 0.00697. The second kappa shape index (κ2) is 6.18. The highest BCUT2D eigenvalue weighted by Gasteiger charge is 2.15. The zero-order chi connectivity index (χ0) is 16.4. The van der Waals surface area contributed by atoms with E-state index in [-0.39, 0.29) is 5.56 Å². The molecule has 0 amide bonds. The van der Waals surface area contributed by atoms with Crippen molar-refractivity contribution in [3.63, 3.8) is 0 Å². The molecule has 0 spiro atoms. The number of nitrogens with zero attached hydrogens (tertiary/aromatic N) is 5. The number of halogens is 1. The van der Waals surface area contributed by atoms with Crippen LogP contribution in [0.5, 0.6) is 0 Å². The maximum Gasteiger partial charge on any atom is 0.218 e. The molecule has 3 rings (SSSR count). The van der Waals surface area contributed by atoms with Crippen LogP contribution in [-0.2, 0) is 0 Å². The Bertz CT molecular complexity index is 893. The van der Waals surface area contributed by atoms with E-state index >= 15 is 0 Å². The van der Waals surface area contributed by atoms with Crippen molar-refractivity contribution in [2.75, 3.05) is 0 Å². The van der Waals surface area contributed by atoms with E-state index in [0.717, 1.165) is 28.6 Å². The van der Waals surface area contributed by atoms with Crippen molar-refractivity contribution in [3.8, 4) is 11.8 Å². The van der Waals surface area contributed by atoms with E-state index in [1.54, 1.807) is 16.8 Å². The maximum absolute atomic E-state index is 13.7. The summed E-state index contributed by atoms with van der Waals surface area (Å²) in [5, 5.41) is 21.3. The van der Waals surface area contributed by atoms with Gasteiger partial charge in [-0.3, -0.25) is 0 Å². The molecule has 0 N–H and O–H groups in total. The number of benzene rings is 2. The topological polar surface area (TPSA) is 67.4 Å². The summed E-state index contributed by atoms with van der Waals surface area (Å²) < 4.78 is 15.3. The van der Waals surface area contributed by atoms with Gasteiger partial charge in [0.1, 0.15) is 17.4 Å². The van der Waals surface area contributed by atoms with Gasteiger partial charge >= 0.3 is 0 Å². The Balaban J connectivity index is 2.03. The van der Waals surface area contributed by atoms with E-state index in [9.17, 15) is 4.39 Å². The molecule has 0 aliphatic carbocycles. The molecule has 2 aromatic carbocycles. The fraction of sp³-hybridized carbons (Fsp3) is 0.125. The van der Waals surface area contributed by atoms with Crippen LogP contribution in [-0.4, -0.2) is 20.2 Å². The minimum Gasteiger partial charge on any atom is -0.206 e. The first kappa shape index (κ1) is 15.2. The van der Waals surface area contributed by atoms with Crippen LogP contribution >= 0.6 is 11.8 Å². The number of hydrogen-bond acceptors (Lipinski definition) is 5. The Morgan fingerprint density at radius 2 is 1.91 bits per heavy atom. The molecular weight excluding hydrogens is 313 g/mol. The molecule has 0 aliphatic rings. The van der Waals surface area contributed by atoms with Crippen LogP contribution in [0.3, 0.4) is 0 Å². The van der Waals surface area contributed by atoms with Gasteiger partial charge in [-0.1, -0.05) is 12.1 Å². The lowest BCUT2D eigenvalue weighted by Crippen LogP contribution is -2.00. The molecule has 0 saturated heterocycles. The molecule has 7 heteroatoms. The highest BCUT2D eigenvalue weighted by atomic mass is 32.2. The van der Waals surface area contributed by atoms with Gasteiger partial charge in [0.15, 0.2) is 0 Å². The quantitative estimate of drug-likeness (QED) is 0.738. The first-order valence-electron chi connectivity index (χ1n) is 6.82. The molecule has 114 valence electrons. The van der Waals surface area contributed by atoms with Crippen molar-refractivity contribution in [3.05, 3.63) is 58.9 Å². The summed E-state index contributed by atoms with van der Waals surface area (Å²) in [4.78, 5) is 0.480. The van der Waals surface area contributed by atoms with Crippen molar-refractivity contribution >= 4 is 11.8 Å². The smallest absolute Gasteiger partial charge is 0.206 e. The Morgan fingerprint density at radius 3 is 2.61 bits per heavy atom. The van der Waals surface area contributed by atoms with Crippen molar-refractivity contribution in [1.29, 1.82) is 5.26 Å². The third-order valence-electron chi connectivity index (χ3n) is 3.18. The molecule has 3 aromatic rings. The van der Waals surface area contributed by atoms with Crippen molar-refractivity contribution in [1.82, 2.24) is 20.2 Å². The summed E-state index contributed by atoms with van der Waals surface area (Å²) in [6.45, 7) is 3.99. The molecule has 0 unspecified atom stereocenters. The largest absolute Gasteiger partial charge is 0.218 e. The van der Waals surface area contributed by atoms with E-state index in [0.29, 0.717) is 10.1 Å². The second-order valence-corrected chi connectivity index (χ2v) is 6.06. The number of rotatable bonds is 3. The maximum atomic E-state index is 13.7. The molecule has 0 atom stereocenters. The Morgan fingerprint density at radius 1 is 1.17 bits per heavy atom. The summed E-state index contributed by atoms with van der Waals surface area (Å²) in [6.07, 6.45) is 0. The Kier molecular flexibility index (Phi) is 4.08. The van der Waals surface area contributed by atoms with Crippen molar-refractivity contribution in [2.24, 2.45) is 0 Å². The molecule has 0 aliphatic heterocycles. The Labute approximate surface area is 136 Å². The highest BCUT2D eigenvalue weighted by molar-refractivity contribution is 7.99. The molecule has 0 fully saturated rings. The van der Waals surface area contributed by atoms with Gasteiger partial charge in [-0.15, -0.1) is 5.10 Å². The molecule has 0 radical (unpaired) electrons. The van der Waals surface area contributed by atoms with Crippen LogP contribution < -0.4 is 0 Å². The lowest BCUT2D eigenvalue weighted by Gasteiger charge is -2.07. The summed E-state index contributed by atoms with van der Waals surface area (Å²) in [6, 6.07) is 12.4. The van der Waals surface area contributed by atoms with Crippen molar-refractivity contribution < 1.29 is 4.39 Å². The molecule has 0 bridgehead atoms. The number of hydrogen-bond donors (Lipinski definition) is 0. The SMILES string of the molecule is Cc1cc(C)cc(-n2nnnc2Sc2cccc(F)c2C#N)c1. The number of aryl methyl sites for hydroxylation is 2. The lowest BCUT2D eigenvalue weighted by molar-refractivity contribution is 0.619. The van der Waals surface area contributed by atoms with Gasteiger partial charge in [0.05, 0.1) is 5.69 Å². The molecule has 23 heavy (non-hydrogen) atoms. The first-order valence-corrected chi connectivity index (χ1v) is 7.63. The minimum atomic E-state index is -0.553. The summed E-state index contributed by atoms with van der Waals surface area (Å²) in [5.74, 6) is -0.553. The van der Waals surface area contributed by atoms with Gasteiger partial charge in [0.25, 0.3) is 0 Å². The van der Waals surface area contributed by atoms with Gasteiger partial charge in [-0.2, -0.15) is 9.94 Å². The van der Waals surface area contributed by atoms with Crippen molar-refractivity contribution in [2.45, 2.75) is 23.9 Å². The van der Waals surface area contributed by atoms with Gasteiger partial charge in [0.2, 0.25) is 5.16 Å². The van der Waals surface area contributed by atoms with Crippen LogP contribution in [0.25, 0.3) is 5.69 Å². The van der Waals surface area contributed by atoms with Crippen LogP contribution in [0.2, 0.25) is 0 Å². The zero-order valence-electron chi connectivity index (χ0n) is 12.5. The van der Waals surface area contributed by atoms with E-state index in [4.69, 9.17) is 5.26 Å². The normalized spacial score (nSPS) is 10.5. The monoisotopic (exact) mass is 325 g/mol. The third kappa shape index (κ3) is 3.07. The molecular formula is C16H12FN5S. The standard InChI is InChI=1S/C16H12FN5S/c1-10-6-11(2)8-12(7-10)22-16(19-20-21-22)23-15-5-3-4-14(17)13(15)9-18/h3-8H,1-2H3. The molecule has 5 nitrogen and oxygen atoms in total. The Hall–Kier alpha value is -2.72. The van der Waals surface area contributed by atoms with Crippen LogP contribution in [0.1, 0.15) is 16.7 Å². The molecule has 1 aromatic heterocycles. The number of aromatic nitrogens is 4. The van der Waals surface area contributed by atoms with E-state index < -0.39 is 5.82 Å². The lowest BCUT2D eigenvalue weighted by atomic mass is 10.1. The predicted octanol–water partition coefficient (Wildman–Crippen LogP) is 3.44. The summed E-state index contributed by atoms with van der Waals surface area (Å²) in [5.41, 5.74) is 3.00. The summed E-state index contributed by atoms with van der Waals surface area (Å²) >= 11 is 1.16. The molecule has 0 saturated carbocycles. The van der Waals surface area contributed by atoms with E-state index in [1.807, 2.05) is 32.0 Å². The fourth-order valence-corrected chi connectivity index (χ4v) is 3.17. The average Bonchev–Trinajstić information content (AvgIpc) is 2.95. The first-order chi connectivity index (χ1) is 11.1. The summed E-state index contributed by atoms with van der Waals surface area (Å²) in [7, 11) is 0. The van der Waals surface area contributed by atoms with Gasteiger partial charge in [-0.05, 0) is 71.4 Å². The van der Waals surface area contributed by atoms with Crippen LogP contribution in [0, 0.1) is 31.0 Å². The predicted molar refractivity (Wildman–Crippen MR) is 83.9 cm³/mol. The average molecular weight is 325 g/mol. The van der Waals surface area contributed by atoms with Gasteiger partial charge in [-0.25, -0.2) is 4.39 Å². The highest BCUT2D eigenvalue weighted by Crippen LogP contribution is 2.31. The van der Waals surface area contributed by atoms with Crippen LogP contribution in [0.15, 0.2) is 46.5 Å². The molecule has 1 heterocycles. The number of nitriles is 1. The van der Waals surface area contributed by atoms with E-state index in [1.165, 1.54) is 6.07 Å². The third-order valence-corrected chi connectivity index (χ3v) is 4.18. The van der Waals surface area contributed by atoms with E-state index in [2.05, 4.69) is 21.6 Å². The number of tetrazole rings is 1. The van der Waals surface area contributed by atoms with Gasteiger partial charge in [0, 0.05) is 4.90 Å². The van der Waals surface area contributed by atoms with Gasteiger partial charge < -0.3 is 0 Å². The second-order valence-electron chi connectivity index (χ2n) is 5.05. The fourth-order valence-electron chi connectivity index (χ4n) is 2.27.